The first-order valence-electron chi connectivity index (χ1n) is 1.32. The van der Waals surface area contributed by atoms with Crippen LogP contribution in [0.1, 0.15) is 0 Å². The van der Waals surface area contributed by atoms with Gasteiger partial charge in [-0.25, -0.2) is 0 Å². The van der Waals surface area contributed by atoms with Crippen molar-refractivity contribution in [2.75, 3.05) is 6.26 Å². The molecule has 0 amide bonds. The smallest absolute Gasteiger partial charge is 0.133 e. The van der Waals surface area contributed by atoms with Crippen molar-refractivity contribution in [2.45, 2.75) is 0 Å². The minimum absolute atomic E-state index is 1.00. The highest BCUT2D eigenvalue weighted by Gasteiger charge is 1.71. The monoisotopic (exact) mass is 104 g/mol. The zero-order chi connectivity index (χ0) is 4.28. The third-order valence-electron chi connectivity index (χ3n) is 0.287. The first-order chi connectivity index (χ1) is 2.27. The molecule has 0 fully saturated rings. The quantitative estimate of drug-likeness (QED) is 0.319. The molecule has 0 heterocycles. The number of thioether (sulfide) groups is 1. The second-order valence-corrected chi connectivity index (χ2v) is 2.59. The molecule has 3 heteroatoms. The molecule has 0 aliphatic carbocycles. The maximum absolute atomic E-state index is 4.66. The average Bonchev–Trinajstić information content (AvgIpc) is 1.38. The molecule has 0 saturated carbocycles. The molecule has 28 valence electrons. The minimum atomic E-state index is 1.00. The summed E-state index contributed by atoms with van der Waals surface area (Å²) in [6.07, 6.45) is 1.97. The van der Waals surface area contributed by atoms with E-state index in [2.05, 4.69) is 12.2 Å². The number of hydrogen-bond acceptors (Lipinski definition) is 2. The lowest BCUT2D eigenvalue weighted by molar-refractivity contribution is 2.53. The van der Waals surface area contributed by atoms with Crippen LogP contribution in [-0.2, 0) is 0 Å². The molecule has 0 aromatic rings. The maximum Gasteiger partial charge on any atom is 0.162 e. The Morgan fingerprint density at radius 3 is 2.20 bits per heavy atom. The molecule has 0 atom stereocenters. The van der Waals surface area contributed by atoms with Gasteiger partial charge in [0.05, 0.1) is 0 Å². The summed E-state index contributed by atoms with van der Waals surface area (Å²) in [7, 11) is 1.92. The van der Waals surface area contributed by atoms with Crippen LogP contribution in [-0.4, -0.2) is 18.2 Å². The van der Waals surface area contributed by atoms with Gasteiger partial charge in [-0.15, -0.1) is 11.8 Å². The van der Waals surface area contributed by atoms with Crippen LogP contribution in [0, 0.1) is 0 Å². The van der Waals surface area contributed by atoms with E-state index in [0.29, 0.717) is 0 Å². The van der Waals surface area contributed by atoms with Crippen LogP contribution >= 0.6 is 24.0 Å². The van der Waals surface area contributed by atoms with Crippen LogP contribution in [0.15, 0.2) is 0 Å². The number of thiocarbonyl (C=S) groups is 1. The van der Waals surface area contributed by atoms with Gasteiger partial charge in [0, 0.05) is 4.10 Å². The summed E-state index contributed by atoms with van der Waals surface area (Å²) >= 11 is 6.27. The van der Waals surface area contributed by atoms with E-state index in [1.165, 1.54) is 0 Å². The molecule has 5 heavy (non-hydrogen) atoms. The van der Waals surface area contributed by atoms with Gasteiger partial charge >= 0.3 is 0 Å². The Kier molecular flexibility index (Phi) is 3.00. The van der Waals surface area contributed by atoms with Gasteiger partial charge in [-0.1, -0.05) is 12.2 Å². The molecule has 0 nitrogen and oxygen atoms in total. The van der Waals surface area contributed by atoms with Crippen LogP contribution in [0.3, 0.4) is 0 Å². The molecular formula is C2H5BS2. The molecule has 0 saturated heterocycles. The predicted molar refractivity (Wildman–Crippen MR) is 34.7 cm³/mol. The highest BCUT2D eigenvalue weighted by molar-refractivity contribution is 8.25. The normalized spacial score (nSPS) is 7.40. The average molecular weight is 104 g/mol. The molecule has 0 spiro atoms. The fraction of sp³-hybridized carbons (Fsp3) is 0.500. The molecule has 0 bridgehead atoms. The second-order valence-electron chi connectivity index (χ2n) is 0.696. The van der Waals surface area contributed by atoms with E-state index >= 15 is 0 Å². The molecule has 0 aromatic carbocycles. The second kappa shape index (κ2) is 2.73. The lowest BCUT2D eigenvalue weighted by Crippen LogP contribution is -1.77. The summed E-state index contributed by atoms with van der Waals surface area (Å²) in [6, 6.07) is 0. The molecule has 0 N–H and O–H groups in total. The molecule has 0 aromatic heterocycles. The topological polar surface area (TPSA) is 0 Å². The molecule has 0 rings (SSSR count). The Hall–Kier alpha value is 0.505. The van der Waals surface area contributed by atoms with Crippen LogP contribution in [0.5, 0.6) is 0 Å². The Labute approximate surface area is 42.7 Å². The van der Waals surface area contributed by atoms with Crippen LogP contribution in [0.25, 0.3) is 0 Å². The minimum Gasteiger partial charge on any atom is -0.133 e. The summed E-state index contributed by atoms with van der Waals surface area (Å²) < 4.78 is 1.00. The summed E-state index contributed by atoms with van der Waals surface area (Å²) in [6.45, 7) is 0. The number of rotatable bonds is 0. The number of hydrogen-bond donors (Lipinski definition) is 0. The van der Waals surface area contributed by atoms with Gasteiger partial charge in [-0.05, 0) is 6.26 Å². The molecular weight excluding hydrogens is 99.0 g/mol. The van der Waals surface area contributed by atoms with E-state index in [1.807, 2.05) is 14.1 Å². The first-order valence-corrected chi connectivity index (χ1v) is 2.95. The standard InChI is InChI=1S/C2H5BS2/c1-5-2(3)4/h3H2,1H3. The zero-order valence-corrected chi connectivity index (χ0v) is 4.95. The fourth-order valence-electron chi connectivity index (χ4n) is 0. The van der Waals surface area contributed by atoms with Crippen molar-refractivity contribution in [3.8, 4) is 0 Å². The molecule has 0 aliphatic rings. The van der Waals surface area contributed by atoms with Gasteiger partial charge in [0.2, 0.25) is 0 Å². The van der Waals surface area contributed by atoms with Gasteiger partial charge in [-0.3, -0.25) is 0 Å². The highest BCUT2D eigenvalue weighted by atomic mass is 32.2. The Morgan fingerprint density at radius 1 is 2.00 bits per heavy atom. The zero-order valence-electron chi connectivity index (χ0n) is 3.32. The molecule has 0 radical (unpaired) electrons. The fourth-order valence-corrected chi connectivity index (χ4v) is 0. The Balaban J connectivity index is 2.85. The lowest BCUT2D eigenvalue weighted by Gasteiger charge is -1.76. The van der Waals surface area contributed by atoms with Gasteiger partial charge in [0.25, 0.3) is 0 Å². The van der Waals surface area contributed by atoms with Crippen LogP contribution < -0.4 is 0 Å². The molecule has 0 aliphatic heterocycles. The van der Waals surface area contributed by atoms with E-state index in [0.717, 1.165) is 4.10 Å². The van der Waals surface area contributed by atoms with Gasteiger partial charge in [0.15, 0.2) is 7.85 Å². The van der Waals surface area contributed by atoms with Crippen LogP contribution in [0.2, 0.25) is 0 Å². The predicted octanol–water partition coefficient (Wildman–Crippen LogP) is 0.267. The van der Waals surface area contributed by atoms with E-state index in [9.17, 15) is 0 Å². The van der Waals surface area contributed by atoms with Gasteiger partial charge < -0.3 is 0 Å². The summed E-state index contributed by atoms with van der Waals surface area (Å²) in [4.78, 5) is 0. The van der Waals surface area contributed by atoms with Crippen LogP contribution in [0.4, 0.5) is 0 Å². The van der Waals surface area contributed by atoms with Gasteiger partial charge in [-0.2, -0.15) is 0 Å². The SMILES string of the molecule is BC(=S)SC. The highest BCUT2D eigenvalue weighted by Crippen LogP contribution is 1.89. The van der Waals surface area contributed by atoms with Crippen molar-refractivity contribution >= 4 is 35.9 Å². The van der Waals surface area contributed by atoms with Crippen molar-refractivity contribution in [2.24, 2.45) is 0 Å². The Bertz CT molecular complexity index is 42.9. The van der Waals surface area contributed by atoms with Crippen molar-refractivity contribution in [1.82, 2.24) is 0 Å². The third-order valence-corrected chi connectivity index (χ3v) is 1.36. The van der Waals surface area contributed by atoms with E-state index < -0.39 is 0 Å². The summed E-state index contributed by atoms with van der Waals surface area (Å²) in [5.74, 6) is 0. The largest absolute Gasteiger partial charge is 0.162 e. The first kappa shape index (κ1) is 5.50. The summed E-state index contributed by atoms with van der Waals surface area (Å²) in [5.41, 5.74) is 0. The van der Waals surface area contributed by atoms with Crippen molar-refractivity contribution < 1.29 is 0 Å². The lowest BCUT2D eigenvalue weighted by atomic mass is 10.2. The van der Waals surface area contributed by atoms with E-state index in [1.54, 1.807) is 11.8 Å². The van der Waals surface area contributed by atoms with Crippen molar-refractivity contribution in [3.63, 3.8) is 0 Å². The van der Waals surface area contributed by atoms with E-state index in [4.69, 9.17) is 0 Å². The Morgan fingerprint density at radius 2 is 2.20 bits per heavy atom. The van der Waals surface area contributed by atoms with Crippen molar-refractivity contribution in [1.29, 1.82) is 0 Å². The van der Waals surface area contributed by atoms with E-state index in [-0.39, 0.29) is 0 Å². The van der Waals surface area contributed by atoms with Crippen molar-refractivity contribution in [3.05, 3.63) is 0 Å². The van der Waals surface area contributed by atoms with Gasteiger partial charge in [0.1, 0.15) is 0 Å². The maximum atomic E-state index is 4.66. The molecule has 0 unspecified atom stereocenters. The summed E-state index contributed by atoms with van der Waals surface area (Å²) in [5, 5.41) is 0. The third kappa shape index (κ3) is 4.50.